The molecule has 1 N–H and O–H groups in total. The van der Waals surface area contributed by atoms with Crippen molar-refractivity contribution in [3.05, 3.63) is 35.1 Å². The van der Waals surface area contributed by atoms with Crippen molar-refractivity contribution >= 4 is 5.97 Å². The van der Waals surface area contributed by atoms with Crippen LogP contribution in [0.2, 0.25) is 0 Å². The Morgan fingerprint density at radius 2 is 2.17 bits per heavy atom. The molecule has 1 aromatic rings. The molecular weight excluding hydrogens is 318 g/mol. The second kappa shape index (κ2) is 5.45. The highest BCUT2D eigenvalue weighted by Crippen LogP contribution is 2.42. The number of aliphatic carboxylic acids is 1. The average Bonchev–Trinajstić information content (AvgIpc) is 2.97. The Kier molecular flexibility index (Phi) is 3.84. The minimum atomic E-state index is -4.54. The number of halogens is 4. The van der Waals surface area contributed by atoms with Crippen LogP contribution < -0.4 is 0 Å². The van der Waals surface area contributed by atoms with Crippen molar-refractivity contribution in [1.82, 2.24) is 4.90 Å². The maximum atomic E-state index is 13.8. The van der Waals surface area contributed by atoms with Crippen LogP contribution in [0.1, 0.15) is 11.1 Å². The van der Waals surface area contributed by atoms with Gasteiger partial charge in [-0.1, -0.05) is 0 Å². The van der Waals surface area contributed by atoms with Crippen LogP contribution in [0.5, 0.6) is 0 Å². The maximum absolute atomic E-state index is 13.8. The number of fused-ring (bicyclic) bond motifs is 1. The van der Waals surface area contributed by atoms with Gasteiger partial charge < -0.3 is 9.84 Å². The molecule has 4 nitrogen and oxygen atoms in total. The van der Waals surface area contributed by atoms with Gasteiger partial charge in [-0.2, -0.15) is 13.2 Å². The second-order valence-corrected chi connectivity index (χ2v) is 6.15. The zero-order chi connectivity index (χ0) is 16.8. The summed E-state index contributed by atoms with van der Waals surface area (Å²) in [6.07, 6.45) is -4.54. The Morgan fingerprint density at radius 1 is 1.43 bits per heavy atom. The number of hydrogen-bond donors (Lipinski definition) is 1. The molecule has 2 aliphatic rings. The van der Waals surface area contributed by atoms with E-state index in [1.807, 2.05) is 0 Å². The highest BCUT2D eigenvalue weighted by Gasteiger charge is 2.56. The van der Waals surface area contributed by atoms with E-state index in [1.54, 1.807) is 4.90 Å². The molecule has 126 valence electrons. The predicted octanol–water partition coefficient (Wildman–Crippen LogP) is 2.38. The summed E-state index contributed by atoms with van der Waals surface area (Å²) >= 11 is 0. The van der Waals surface area contributed by atoms with Gasteiger partial charge in [0.05, 0.1) is 18.8 Å². The third-order valence-corrected chi connectivity index (χ3v) is 4.64. The van der Waals surface area contributed by atoms with Crippen LogP contribution in [-0.2, 0) is 22.3 Å². The lowest BCUT2D eigenvalue weighted by Gasteiger charge is -2.22. The number of carboxylic acid groups (broad SMARTS) is 1. The summed E-state index contributed by atoms with van der Waals surface area (Å²) in [6.45, 7) is 0.828. The van der Waals surface area contributed by atoms with Gasteiger partial charge in [-0.3, -0.25) is 9.69 Å². The summed E-state index contributed by atoms with van der Waals surface area (Å²) < 4.78 is 57.3. The van der Waals surface area contributed by atoms with E-state index in [1.165, 1.54) is 0 Å². The Bertz CT molecular complexity index is 634. The molecule has 8 heteroatoms. The number of likely N-dealkylation sites (tertiary alicyclic amines) is 1. The van der Waals surface area contributed by atoms with Crippen molar-refractivity contribution in [2.45, 2.75) is 12.7 Å². The molecule has 0 radical (unpaired) electrons. The summed E-state index contributed by atoms with van der Waals surface area (Å²) in [5.74, 6) is -1.93. The van der Waals surface area contributed by atoms with E-state index in [0.29, 0.717) is 19.2 Å². The van der Waals surface area contributed by atoms with Gasteiger partial charge in [0, 0.05) is 31.1 Å². The Balaban J connectivity index is 1.80. The number of hydrogen-bond acceptors (Lipinski definition) is 3. The number of rotatable bonds is 3. The first-order chi connectivity index (χ1) is 10.7. The first-order valence-electron chi connectivity index (χ1n) is 7.11. The van der Waals surface area contributed by atoms with Gasteiger partial charge in [-0.25, -0.2) is 4.39 Å². The van der Waals surface area contributed by atoms with Crippen molar-refractivity contribution in [3.8, 4) is 0 Å². The third-order valence-electron chi connectivity index (χ3n) is 4.64. The minimum Gasteiger partial charge on any atom is -0.481 e. The van der Waals surface area contributed by atoms with Gasteiger partial charge in [0.2, 0.25) is 0 Å². The van der Waals surface area contributed by atoms with Crippen molar-refractivity contribution < 1.29 is 32.2 Å². The molecule has 3 rings (SSSR count). The molecule has 0 aromatic heterocycles. The minimum absolute atomic E-state index is 0.0543. The van der Waals surface area contributed by atoms with E-state index in [-0.39, 0.29) is 31.2 Å². The first kappa shape index (κ1) is 16.2. The number of nitrogens with zero attached hydrogens (tertiary/aromatic N) is 1. The lowest BCUT2D eigenvalue weighted by atomic mass is 9.81. The van der Waals surface area contributed by atoms with E-state index >= 15 is 0 Å². The standard InChI is InChI=1S/C15H15F4NO3/c16-12-2-1-10(15(17,18)19)3-9(12)4-20-5-11-6-23-8-14(11,7-20)13(21)22/h1-3,11H,4-8H2,(H,21,22)/t11-,14-/m1/s1. The number of carboxylic acids is 1. The molecular formula is C15H15F4NO3. The molecule has 2 fully saturated rings. The Labute approximate surface area is 129 Å². The number of benzene rings is 1. The van der Waals surface area contributed by atoms with Crippen molar-refractivity contribution in [2.75, 3.05) is 26.3 Å². The van der Waals surface area contributed by atoms with Crippen molar-refractivity contribution in [2.24, 2.45) is 11.3 Å². The quantitative estimate of drug-likeness (QED) is 0.863. The SMILES string of the molecule is O=C(O)[C@]12COC[C@H]1CN(Cc1cc(C(F)(F)F)ccc1F)C2. The van der Waals surface area contributed by atoms with E-state index in [0.717, 1.165) is 12.1 Å². The van der Waals surface area contributed by atoms with Crippen molar-refractivity contribution in [1.29, 1.82) is 0 Å². The molecule has 0 unspecified atom stereocenters. The maximum Gasteiger partial charge on any atom is 0.416 e. The molecule has 2 atom stereocenters. The van der Waals surface area contributed by atoms with E-state index < -0.39 is 28.9 Å². The van der Waals surface area contributed by atoms with Gasteiger partial charge in [0.1, 0.15) is 11.2 Å². The molecule has 0 spiro atoms. The van der Waals surface area contributed by atoms with Crippen molar-refractivity contribution in [3.63, 3.8) is 0 Å². The number of ether oxygens (including phenoxy) is 1. The fraction of sp³-hybridized carbons (Fsp3) is 0.533. The van der Waals surface area contributed by atoms with Crippen LogP contribution in [0, 0.1) is 17.2 Å². The molecule has 2 aliphatic heterocycles. The Morgan fingerprint density at radius 3 is 2.78 bits per heavy atom. The van der Waals surface area contributed by atoms with Gasteiger partial charge in [-0.15, -0.1) is 0 Å². The lowest BCUT2D eigenvalue weighted by Crippen LogP contribution is -2.38. The molecule has 23 heavy (non-hydrogen) atoms. The smallest absolute Gasteiger partial charge is 0.416 e. The fourth-order valence-corrected chi connectivity index (χ4v) is 3.38. The van der Waals surface area contributed by atoms with Crippen LogP contribution >= 0.6 is 0 Å². The normalized spacial score (nSPS) is 28.1. The highest BCUT2D eigenvalue weighted by molar-refractivity contribution is 5.76. The van der Waals surface area contributed by atoms with Crippen LogP contribution in [0.3, 0.4) is 0 Å². The zero-order valence-corrected chi connectivity index (χ0v) is 12.1. The molecule has 2 saturated heterocycles. The largest absolute Gasteiger partial charge is 0.481 e. The molecule has 0 amide bonds. The molecule has 2 heterocycles. The van der Waals surface area contributed by atoms with Gasteiger partial charge >= 0.3 is 12.1 Å². The van der Waals surface area contributed by atoms with Crippen LogP contribution in [0.25, 0.3) is 0 Å². The molecule has 0 bridgehead atoms. The van der Waals surface area contributed by atoms with Crippen LogP contribution in [-0.4, -0.2) is 42.3 Å². The van der Waals surface area contributed by atoms with E-state index in [4.69, 9.17) is 4.74 Å². The molecule has 0 aliphatic carbocycles. The van der Waals surface area contributed by atoms with Crippen LogP contribution in [0.15, 0.2) is 18.2 Å². The van der Waals surface area contributed by atoms with E-state index in [2.05, 4.69) is 0 Å². The average molecular weight is 333 g/mol. The number of carbonyl (C=O) groups is 1. The number of alkyl halides is 3. The summed E-state index contributed by atoms with van der Waals surface area (Å²) in [6, 6.07) is 2.28. The fourth-order valence-electron chi connectivity index (χ4n) is 3.38. The summed E-state index contributed by atoms with van der Waals surface area (Å²) in [7, 11) is 0. The van der Waals surface area contributed by atoms with Gasteiger partial charge in [-0.05, 0) is 18.2 Å². The molecule has 1 aromatic carbocycles. The lowest BCUT2D eigenvalue weighted by molar-refractivity contribution is -0.149. The predicted molar refractivity (Wildman–Crippen MR) is 71.1 cm³/mol. The van der Waals surface area contributed by atoms with Gasteiger partial charge in [0.25, 0.3) is 0 Å². The zero-order valence-electron chi connectivity index (χ0n) is 12.1. The summed E-state index contributed by atoms with van der Waals surface area (Å²) in [5.41, 5.74) is -2.04. The molecule has 0 saturated carbocycles. The monoisotopic (exact) mass is 333 g/mol. The third kappa shape index (κ3) is 2.81. The van der Waals surface area contributed by atoms with Crippen LogP contribution in [0.4, 0.5) is 17.6 Å². The highest BCUT2D eigenvalue weighted by atomic mass is 19.4. The van der Waals surface area contributed by atoms with E-state index in [9.17, 15) is 27.5 Å². The Hall–Kier alpha value is -1.67. The topological polar surface area (TPSA) is 49.8 Å². The first-order valence-corrected chi connectivity index (χ1v) is 7.11. The summed E-state index contributed by atoms with van der Waals surface area (Å²) in [4.78, 5) is 13.2. The van der Waals surface area contributed by atoms with Gasteiger partial charge in [0.15, 0.2) is 0 Å². The summed E-state index contributed by atoms with van der Waals surface area (Å²) in [5, 5.41) is 9.43. The second-order valence-electron chi connectivity index (χ2n) is 6.15.